The van der Waals surface area contributed by atoms with Crippen LogP contribution in [-0.4, -0.2) is 35.3 Å². The molecule has 3 aliphatic rings. The van der Waals surface area contributed by atoms with Crippen LogP contribution in [0.15, 0.2) is 22.8 Å². The van der Waals surface area contributed by atoms with Gasteiger partial charge in [0.15, 0.2) is 5.76 Å². The van der Waals surface area contributed by atoms with Crippen molar-refractivity contribution in [3.63, 3.8) is 0 Å². The third-order valence-electron chi connectivity index (χ3n) is 5.97. The van der Waals surface area contributed by atoms with Crippen LogP contribution in [0.5, 0.6) is 0 Å². The van der Waals surface area contributed by atoms with Gasteiger partial charge in [0.2, 0.25) is 5.91 Å². The molecule has 0 radical (unpaired) electrons. The van der Waals surface area contributed by atoms with Crippen molar-refractivity contribution in [2.75, 3.05) is 6.54 Å². The molecular formula is C19H26N2O3. The molecule has 130 valence electrons. The number of carbonyl (C=O) groups excluding carboxylic acids is 2. The lowest BCUT2D eigenvalue weighted by Crippen LogP contribution is -2.46. The summed E-state index contributed by atoms with van der Waals surface area (Å²) in [6, 6.07) is 3.37. The first kappa shape index (κ1) is 15.7. The van der Waals surface area contributed by atoms with Gasteiger partial charge in [0.25, 0.3) is 5.91 Å². The van der Waals surface area contributed by atoms with E-state index in [1.165, 1.54) is 38.4 Å². The third-order valence-corrected chi connectivity index (χ3v) is 5.97. The summed E-state index contributed by atoms with van der Waals surface area (Å²) in [7, 11) is 0. The minimum absolute atomic E-state index is 0.0238. The topological polar surface area (TPSA) is 62.6 Å². The monoisotopic (exact) mass is 330 g/mol. The van der Waals surface area contributed by atoms with Crippen LogP contribution in [0.3, 0.4) is 0 Å². The molecule has 1 saturated heterocycles. The molecule has 2 unspecified atom stereocenters. The number of hydrogen-bond donors (Lipinski definition) is 1. The number of amides is 2. The van der Waals surface area contributed by atoms with E-state index in [2.05, 4.69) is 5.32 Å². The van der Waals surface area contributed by atoms with Crippen LogP contribution >= 0.6 is 0 Å². The molecule has 1 N–H and O–H groups in total. The summed E-state index contributed by atoms with van der Waals surface area (Å²) < 4.78 is 5.20. The summed E-state index contributed by atoms with van der Waals surface area (Å²) in [5.41, 5.74) is 0. The van der Waals surface area contributed by atoms with E-state index in [1.807, 2.05) is 0 Å². The highest BCUT2D eigenvalue weighted by atomic mass is 16.3. The van der Waals surface area contributed by atoms with Crippen molar-refractivity contribution in [3.8, 4) is 0 Å². The average Bonchev–Trinajstić information content (AvgIpc) is 3.05. The number of nitrogens with zero attached hydrogens (tertiary/aromatic N) is 1. The van der Waals surface area contributed by atoms with Gasteiger partial charge >= 0.3 is 0 Å². The highest BCUT2D eigenvalue weighted by molar-refractivity contribution is 5.96. The summed E-state index contributed by atoms with van der Waals surface area (Å²) in [5.74, 6) is 1.65. The molecule has 2 heterocycles. The highest BCUT2D eigenvalue weighted by Gasteiger charge is 2.45. The first-order valence-corrected chi connectivity index (χ1v) is 9.39. The molecule has 1 aromatic heterocycles. The number of likely N-dealkylation sites (tertiary alicyclic amines) is 1. The summed E-state index contributed by atoms with van der Waals surface area (Å²) >= 11 is 0. The van der Waals surface area contributed by atoms with E-state index in [-0.39, 0.29) is 17.9 Å². The third kappa shape index (κ3) is 3.08. The zero-order valence-corrected chi connectivity index (χ0v) is 14.1. The summed E-state index contributed by atoms with van der Waals surface area (Å²) in [5, 5.41) is 3.21. The van der Waals surface area contributed by atoms with E-state index in [9.17, 15) is 9.59 Å². The Morgan fingerprint density at radius 1 is 1.12 bits per heavy atom. The molecular weight excluding hydrogens is 304 g/mol. The van der Waals surface area contributed by atoms with Crippen LogP contribution in [0.4, 0.5) is 0 Å². The van der Waals surface area contributed by atoms with Crippen molar-refractivity contribution in [2.24, 2.45) is 11.8 Å². The van der Waals surface area contributed by atoms with Gasteiger partial charge in [-0.05, 0) is 43.2 Å². The lowest BCUT2D eigenvalue weighted by molar-refractivity contribution is -0.125. The van der Waals surface area contributed by atoms with E-state index >= 15 is 0 Å². The Labute approximate surface area is 142 Å². The van der Waals surface area contributed by atoms with Gasteiger partial charge in [-0.2, -0.15) is 0 Å². The molecule has 5 heteroatoms. The Morgan fingerprint density at radius 2 is 1.96 bits per heavy atom. The lowest BCUT2D eigenvalue weighted by Gasteiger charge is -2.24. The molecule has 1 aliphatic heterocycles. The van der Waals surface area contributed by atoms with E-state index in [0.717, 1.165) is 25.2 Å². The van der Waals surface area contributed by atoms with Crippen molar-refractivity contribution < 1.29 is 14.0 Å². The van der Waals surface area contributed by atoms with Gasteiger partial charge < -0.3 is 14.6 Å². The van der Waals surface area contributed by atoms with Gasteiger partial charge in [-0.3, -0.25) is 9.59 Å². The van der Waals surface area contributed by atoms with Crippen LogP contribution < -0.4 is 5.32 Å². The second kappa shape index (κ2) is 6.61. The number of furan rings is 1. The maximum Gasteiger partial charge on any atom is 0.290 e. The molecule has 0 aromatic carbocycles. The van der Waals surface area contributed by atoms with Crippen molar-refractivity contribution >= 4 is 11.8 Å². The predicted octanol–water partition coefficient (Wildman–Crippen LogP) is 2.97. The maximum atomic E-state index is 12.7. The summed E-state index contributed by atoms with van der Waals surface area (Å²) in [4.78, 5) is 26.8. The normalized spacial score (nSPS) is 30.3. The van der Waals surface area contributed by atoms with Gasteiger partial charge in [-0.1, -0.05) is 32.1 Å². The quantitative estimate of drug-likeness (QED) is 0.923. The zero-order valence-electron chi connectivity index (χ0n) is 14.1. The number of hydrogen-bond acceptors (Lipinski definition) is 3. The maximum absolute atomic E-state index is 12.7. The molecule has 4 rings (SSSR count). The number of nitrogens with one attached hydrogen (secondary N) is 1. The average molecular weight is 330 g/mol. The molecule has 2 aliphatic carbocycles. The summed E-state index contributed by atoms with van der Waals surface area (Å²) in [6.45, 7) is 0.633. The Kier molecular flexibility index (Phi) is 4.33. The van der Waals surface area contributed by atoms with Crippen LogP contribution in [0.2, 0.25) is 0 Å². The fourth-order valence-corrected chi connectivity index (χ4v) is 4.57. The predicted molar refractivity (Wildman–Crippen MR) is 89.4 cm³/mol. The Balaban J connectivity index is 1.33. The first-order chi connectivity index (χ1) is 11.7. The molecule has 0 bridgehead atoms. The van der Waals surface area contributed by atoms with Gasteiger partial charge in [-0.25, -0.2) is 0 Å². The highest BCUT2D eigenvalue weighted by Crippen LogP contribution is 2.44. The molecule has 24 heavy (non-hydrogen) atoms. The molecule has 3 atom stereocenters. The Hall–Kier alpha value is -1.78. The van der Waals surface area contributed by atoms with Gasteiger partial charge in [0.1, 0.15) is 6.04 Å². The molecule has 3 fully saturated rings. The van der Waals surface area contributed by atoms with Gasteiger partial charge in [-0.15, -0.1) is 0 Å². The first-order valence-electron chi connectivity index (χ1n) is 9.39. The molecule has 2 amide bonds. The Morgan fingerprint density at radius 3 is 2.71 bits per heavy atom. The van der Waals surface area contributed by atoms with E-state index in [1.54, 1.807) is 17.0 Å². The number of carbonyl (C=O) groups is 2. The van der Waals surface area contributed by atoms with Crippen molar-refractivity contribution in [2.45, 2.75) is 63.5 Å². The van der Waals surface area contributed by atoms with E-state index in [4.69, 9.17) is 4.42 Å². The zero-order chi connectivity index (χ0) is 16.5. The molecule has 5 nitrogen and oxygen atoms in total. The van der Waals surface area contributed by atoms with Gasteiger partial charge in [0, 0.05) is 12.6 Å². The fraction of sp³-hybridized carbons (Fsp3) is 0.684. The van der Waals surface area contributed by atoms with E-state index < -0.39 is 0 Å². The molecule has 1 aromatic rings. The summed E-state index contributed by atoms with van der Waals surface area (Å²) in [6.07, 6.45) is 10.9. The Bertz CT molecular complexity index is 592. The van der Waals surface area contributed by atoms with Gasteiger partial charge in [0.05, 0.1) is 6.26 Å². The van der Waals surface area contributed by atoms with Crippen LogP contribution in [0.1, 0.15) is 61.9 Å². The second-order valence-electron chi connectivity index (χ2n) is 7.55. The SMILES string of the molecule is O=C(NC1CC1C1CCCCC1)[C@@H]1CCCN1C(=O)c1ccco1. The lowest BCUT2D eigenvalue weighted by atomic mass is 9.85. The number of rotatable bonds is 4. The van der Waals surface area contributed by atoms with Crippen LogP contribution in [0.25, 0.3) is 0 Å². The van der Waals surface area contributed by atoms with Crippen LogP contribution in [0, 0.1) is 11.8 Å². The second-order valence-corrected chi connectivity index (χ2v) is 7.55. The smallest absolute Gasteiger partial charge is 0.290 e. The minimum atomic E-state index is -0.338. The largest absolute Gasteiger partial charge is 0.459 e. The molecule has 2 saturated carbocycles. The van der Waals surface area contributed by atoms with Crippen molar-refractivity contribution in [1.82, 2.24) is 10.2 Å². The minimum Gasteiger partial charge on any atom is -0.459 e. The molecule has 0 spiro atoms. The standard InChI is InChI=1S/C19H26N2O3/c22-18(20-15-12-14(15)13-6-2-1-3-7-13)16-8-4-10-21(16)19(23)17-9-5-11-24-17/h5,9,11,13-16H,1-4,6-8,10,12H2,(H,20,22)/t14?,15?,16-/m0/s1. The van der Waals surface area contributed by atoms with Crippen LogP contribution in [-0.2, 0) is 4.79 Å². The van der Waals surface area contributed by atoms with Crippen molar-refractivity contribution in [1.29, 1.82) is 0 Å². The van der Waals surface area contributed by atoms with E-state index in [0.29, 0.717) is 24.3 Å². The van der Waals surface area contributed by atoms with Crippen molar-refractivity contribution in [3.05, 3.63) is 24.2 Å². The fourth-order valence-electron chi connectivity index (χ4n) is 4.57.